The summed E-state index contributed by atoms with van der Waals surface area (Å²) in [5, 5.41) is 8.42. The van der Waals surface area contributed by atoms with Crippen LogP contribution in [0.5, 0.6) is 0 Å². The first-order valence-corrected chi connectivity index (χ1v) is 15.0. The number of carbonyl (C=O) groups is 4. The van der Waals surface area contributed by atoms with Crippen LogP contribution in [0.15, 0.2) is 114 Å². The summed E-state index contributed by atoms with van der Waals surface area (Å²) in [6, 6.07) is 29.0. The fourth-order valence-corrected chi connectivity index (χ4v) is 4.99. The van der Waals surface area contributed by atoms with E-state index in [0.717, 1.165) is 4.90 Å². The Balaban J connectivity index is 1.38. The lowest BCUT2D eigenvalue weighted by Gasteiger charge is -2.14. The SMILES string of the molecule is CCOC(=O)c1ccc(NC(=O)C(C)Sc2ccc(NC(=O)/C(=C/c3cccc(Cl)c3)NC(=O)c3ccccc3)cc2)cc1. The molecule has 0 aromatic heterocycles. The number of hydrogen-bond donors (Lipinski definition) is 3. The maximum absolute atomic E-state index is 13.3. The first-order valence-electron chi connectivity index (χ1n) is 13.7. The van der Waals surface area contributed by atoms with Gasteiger partial charge >= 0.3 is 5.97 Å². The predicted octanol–water partition coefficient (Wildman–Crippen LogP) is 7.05. The topological polar surface area (TPSA) is 114 Å². The number of benzene rings is 4. The van der Waals surface area contributed by atoms with Crippen LogP contribution in [0.1, 0.15) is 40.1 Å². The predicted molar refractivity (Wildman–Crippen MR) is 175 cm³/mol. The molecular formula is C34H30ClN3O5S. The molecule has 0 heterocycles. The van der Waals surface area contributed by atoms with Gasteiger partial charge in [0.1, 0.15) is 5.70 Å². The lowest BCUT2D eigenvalue weighted by Crippen LogP contribution is -2.30. The third-order valence-electron chi connectivity index (χ3n) is 6.15. The third kappa shape index (κ3) is 9.32. The molecule has 0 fully saturated rings. The summed E-state index contributed by atoms with van der Waals surface area (Å²) < 4.78 is 4.98. The van der Waals surface area contributed by atoms with Crippen molar-refractivity contribution in [3.63, 3.8) is 0 Å². The Morgan fingerprint density at radius 3 is 2.14 bits per heavy atom. The summed E-state index contributed by atoms with van der Waals surface area (Å²) in [5.41, 5.74) is 2.57. The number of carbonyl (C=O) groups excluding carboxylic acids is 4. The van der Waals surface area contributed by atoms with Crippen LogP contribution in [0.2, 0.25) is 5.02 Å². The second-order valence-electron chi connectivity index (χ2n) is 9.46. The van der Waals surface area contributed by atoms with Crippen LogP contribution in [0.25, 0.3) is 6.08 Å². The molecule has 8 nitrogen and oxygen atoms in total. The minimum atomic E-state index is -0.517. The second kappa shape index (κ2) is 15.6. The normalized spacial score (nSPS) is 11.7. The Kier molecular flexibility index (Phi) is 11.3. The van der Waals surface area contributed by atoms with Gasteiger partial charge in [-0.3, -0.25) is 14.4 Å². The van der Waals surface area contributed by atoms with E-state index in [1.165, 1.54) is 11.8 Å². The standard InChI is InChI=1S/C34H30ClN3O5S/c1-3-43-34(42)25-12-14-27(15-13-25)36-31(39)22(2)44-29-18-16-28(17-19-29)37-33(41)30(21-23-8-7-11-26(35)20-23)38-32(40)24-9-5-4-6-10-24/h4-22H,3H2,1-2H3,(H,36,39)(H,37,41)(H,38,40)/b30-21-. The van der Waals surface area contributed by atoms with Crippen LogP contribution in [0, 0.1) is 0 Å². The lowest BCUT2D eigenvalue weighted by molar-refractivity contribution is -0.115. The summed E-state index contributed by atoms with van der Waals surface area (Å²) in [6.45, 7) is 3.81. The molecule has 4 aromatic carbocycles. The Labute approximate surface area is 264 Å². The quantitative estimate of drug-likeness (QED) is 0.0933. The van der Waals surface area contributed by atoms with Crippen LogP contribution >= 0.6 is 23.4 Å². The molecule has 0 aliphatic rings. The number of rotatable bonds is 11. The van der Waals surface area contributed by atoms with Crippen molar-refractivity contribution in [2.45, 2.75) is 24.0 Å². The zero-order valence-corrected chi connectivity index (χ0v) is 25.6. The Hall–Kier alpha value is -4.86. The van der Waals surface area contributed by atoms with Gasteiger partial charge in [-0.2, -0.15) is 0 Å². The van der Waals surface area contributed by atoms with Gasteiger partial charge in [0.05, 0.1) is 17.4 Å². The van der Waals surface area contributed by atoms with Gasteiger partial charge in [-0.1, -0.05) is 41.9 Å². The summed E-state index contributed by atoms with van der Waals surface area (Å²) in [5.74, 6) is -1.57. The molecule has 1 unspecified atom stereocenters. The molecule has 0 aliphatic carbocycles. The van der Waals surface area contributed by atoms with E-state index in [9.17, 15) is 19.2 Å². The largest absolute Gasteiger partial charge is 0.462 e. The van der Waals surface area contributed by atoms with Gasteiger partial charge in [0.15, 0.2) is 0 Å². The fraction of sp³-hybridized carbons (Fsp3) is 0.118. The molecule has 4 aromatic rings. The molecular weight excluding hydrogens is 598 g/mol. The number of amides is 3. The maximum atomic E-state index is 13.3. The van der Waals surface area contributed by atoms with Crippen LogP contribution < -0.4 is 16.0 Å². The molecule has 3 N–H and O–H groups in total. The highest BCUT2D eigenvalue weighted by atomic mass is 35.5. The minimum absolute atomic E-state index is 0.0418. The van der Waals surface area contributed by atoms with Crippen molar-refractivity contribution in [2.24, 2.45) is 0 Å². The highest BCUT2D eigenvalue weighted by Gasteiger charge is 2.17. The zero-order valence-electron chi connectivity index (χ0n) is 24.0. The highest BCUT2D eigenvalue weighted by molar-refractivity contribution is 8.00. The van der Waals surface area contributed by atoms with E-state index < -0.39 is 23.0 Å². The van der Waals surface area contributed by atoms with E-state index >= 15 is 0 Å². The van der Waals surface area contributed by atoms with E-state index in [4.69, 9.17) is 16.3 Å². The van der Waals surface area contributed by atoms with Gasteiger partial charge in [-0.15, -0.1) is 11.8 Å². The summed E-state index contributed by atoms with van der Waals surface area (Å²) in [7, 11) is 0. The van der Waals surface area contributed by atoms with Crippen LogP contribution in [0.3, 0.4) is 0 Å². The van der Waals surface area contributed by atoms with Gasteiger partial charge in [0.2, 0.25) is 5.91 Å². The Morgan fingerprint density at radius 1 is 0.818 bits per heavy atom. The van der Waals surface area contributed by atoms with Crippen LogP contribution in [0.4, 0.5) is 11.4 Å². The molecule has 0 saturated heterocycles. The average molecular weight is 628 g/mol. The molecule has 0 spiro atoms. The number of ether oxygens (including phenoxy) is 1. The molecule has 1 atom stereocenters. The number of hydrogen-bond acceptors (Lipinski definition) is 6. The van der Waals surface area contributed by atoms with E-state index in [-0.39, 0.29) is 18.2 Å². The van der Waals surface area contributed by atoms with Gasteiger partial charge in [-0.25, -0.2) is 4.79 Å². The molecule has 0 radical (unpaired) electrons. The Morgan fingerprint density at radius 2 is 1.48 bits per heavy atom. The van der Waals surface area contributed by atoms with Crippen molar-refractivity contribution in [3.05, 3.63) is 131 Å². The number of thioether (sulfide) groups is 1. The van der Waals surface area contributed by atoms with Gasteiger partial charge in [0.25, 0.3) is 11.8 Å². The van der Waals surface area contributed by atoms with Gasteiger partial charge in [0, 0.05) is 26.9 Å². The third-order valence-corrected chi connectivity index (χ3v) is 7.49. The van der Waals surface area contributed by atoms with Crippen molar-refractivity contribution in [2.75, 3.05) is 17.2 Å². The average Bonchev–Trinajstić information content (AvgIpc) is 3.02. The number of anilines is 2. The monoisotopic (exact) mass is 627 g/mol. The first kappa shape index (κ1) is 32.1. The number of nitrogens with one attached hydrogen (secondary N) is 3. The number of esters is 1. The van der Waals surface area contributed by atoms with E-state index in [2.05, 4.69) is 16.0 Å². The van der Waals surface area contributed by atoms with E-state index in [1.54, 1.807) is 123 Å². The maximum Gasteiger partial charge on any atom is 0.338 e. The van der Waals surface area contributed by atoms with Crippen molar-refractivity contribution in [1.29, 1.82) is 0 Å². The van der Waals surface area contributed by atoms with Gasteiger partial charge in [-0.05, 0) is 98.3 Å². The minimum Gasteiger partial charge on any atom is -0.462 e. The summed E-state index contributed by atoms with van der Waals surface area (Å²) in [6.07, 6.45) is 1.55. The zero-order chi connectivity index (χ0) is 31.5. The summed E-state index contributed by atoms with van der Waals surface area (Å²) in [4.78, 5) is 51.5. The summed E-state index contributed by atoms with van der Waals surface area (Å²) >= 11 is 7.46. The molecule has 0 saturated carbocycles. The smallest absolute Gasteiger partial charge is 0.338 e. The molecule has 0 bridgehead atoms. The van der Waals surface area contributed by atoms with Crippen LogP contribution in [-0.4, -0.2) is 35.5 Å². The Bertz CT molecular complexity index is 1660. The van der Waals surface area contributed by atoms with Crippen molar-refractivity contribution in [1.82, 2.24) is 5.32 Å². The molecule has 10 heteroatoms. The highest BCUT2D eigenvalue weighted by Crippen LogP contribution is 2.26. The van der Waals surface area contributed by atoms with E-state index in [0.29, 0.717) is 33.1 Å². The molecule has 4 rings (SSSR count). The molecule has 44 heavy (non-hydrogen) atoms. The molecule has 0 aliphatic heterocycles. The number of halogens is 1. The molecule has 224 valence electrons. The molecule has 3 amide bonds. The van der Waals surface area contributed by atoms with Crippen molar-refractivity contribution < 1.29 is 23.9 Å². The second-order valence-corrected chi connectivity index (χ2v) is 11.3. The van der Waals surface area contributed by atoms with Crippen molar-refractivity contribution >= 4 is 64.5 Å². The van der Waals surface area contributed by atoms with Crippen LogP contribution in [-0.2, 0) is 14.3 Å². The first-order chi connectivity index (χ1) is 21.2. The van der Waals surface area contributed by atoms with E-state index in [1.807, 2.05) is 0 Å². The van der Waals surface area contributed by atoms with Gasteiger partial charge < -0.3 is 20.7 Å². The van der Waals surface area contributed by atoms with Crippen molar-refractivity contribution in [3.8, 4) is 0 Å². The lowest BCUT2D eigenvalue weighted by atomic mass is 10.1. The fourth-order valence-electron chi connectivity index (χ4n) is 3.93.